The Morgan fingerprint density at radius 1 is 1.25 bits per heavy atom. The fourth-order valence-corrected chi connectivity index (χ4v) is 4.87. The highest BCUT2D eigenvalue weighted by atomic mass is 35.5. The van der Waals surface area contributed by atoms with E-state index in [1.807, 2.05) is 0 Å². The van der Waals surface area contributed by atoms with Crippen LogP contribution < -0.4 is 10.5 Å². The number of rotatable bonds is 3. The van der Waals surface area contributed by atoms with Crippen LogP contribution in [0.5, 0.6) is 0 Å². The third-order valence-corrected chi connectivity index (χ3v) is 5.71. The van der Waals surface area contributed by atoms with Crippen molar-refractivity contribution in [1.29, 1.82) is 0 Å². The van der Waals surface area contributed by atoms with Crippen LogP contribution in [0.3, 0.4) is 0 Å². The van der Waals surface area contributed by atoms with E-state index < -0.39 is 15.8 Å². The molecule has 2 rings (SSSR count). The van der Waals surface area contributed by atoms with Crippen LogP contribution in [0.15, 0.2) is 17.0 Å². The van der Waals surface area contributed by atoms with Crippen LogP contribution in [0.25, 0.3) is 0 Å². The number of benzene rings is 1. The standard InChI is InChI=1S/C12H15Cl2FN2O2S/c13-10-4-7(15)5-11(14)12(10)20(18,19)17-9-3-1-2-8(16)6-9/h4-5,8-9,17H,1-3,6,16H2. The summed E-state index contributed by atoms with van der Waals surface area (Å²) in [6, 6.07) is 1.58. The average Bonchev–Trinajstić information content (AvgIpc) is 2.25. The molecule has 0 spiro atoms. The molecule has 2 unspecified atom stereocenters. The molecule has 0 amide bonds. The number of hydrogen-bond donors (Lipinski definition) is 2. The molecule has 1 saturated carbocycles. The number of hydrogen-bond acceptors (Lipinski definition) is 3. The van der Waals surface area contributed by atoms with Crippen LogP contribution in [-0.2, 0) is 10.0 Å². The highest BCUT2D eigenvalue weighted by Crippen LogP contribution is 2.31. The van der Waals surface area contributed by atoms with E-state index in [9.17, 15) is 12.8 Å². The summed E-state index contributed by atoms with van der Waals surface area (Å²) in [4.78, 5) is -0.290. The molecule has 0 heterocycles. The van der Waals surface area contributed by atoms with Gasteiger partial charge in [-0.3, -0.25) is 0 Å². The van der Waals surface area contributed by atoms with Gasteiger partial charge in [0.1, 0.15) is 10.7 Å². The molecule has 1 fully saturated rings. The van der Waals surface area contributed by atoms with E-state index in [0.29, 0.717) is 12.8 Å². The Morgan fingerprint density at radius 3 is 2.40 bits per heavy atom. The Hall–Kier alpha value is -0.400. The molecule has 112 valence electrons. The zero-order valence-electron chi connectivity index (χ0n) is 10.6. The van der Waals surface area contributed by atoms with Gasteiger partial charge in [0.15, 0.2) is 0 Å². The molecule has 0 bridgehead atoms. The minimum absolute atomic E-state index is 0.0180. The largest absolute Gasteiger partial charge is 0.328 e. The van der Waals surface area contributed by atoms with Crippen LogP contribution in [-0.4, -0.2) is 20.5 Å². The molecule has 0 saturated heterocycles. The molecule has 1 aromatic rings. The van der Waals surface area contributed by atoms with Gasteiger partial charge in [-0.05, 0) is 31.4 Å². The second kappa shape index (κ2) is 6.15. The molecule has 0 aliphatic heterocycles. The zero-order valence-corrected chi connectivity index (χ0v) is 12.9. The lowest BCUT2D eigenvalue weighted by atomic mass is 9.92. The van der Waals surface area contributed by atoms with E-state index in [2.05, 4.69) is 4.72 Å². The van der Waals surface area contributed by atoms with Crippen LogP contribution in [0.2, 0.25) is 10.0 Å². The molecular formula is C12H15Cl2FN2O2S. The van der Waals surface area contributed by atoms with Gasteiger partial charge in [-0.15, -0.1) is 0 Å². The van der Waals surface area contributed by atoms with E-state index in [0.717, 1.165) is 25.0 Å². The van der Waals surface area contributed by atoms with Gasteiger partial charge in [-0.1, -0.05) is 29.6 Å². The lowest BCUT2D eigenvalue weighted by Gasteiger charge is -2.27. The van der Waals surface area contributed by atoms with Crippen molar-refractivity contribution in [3.05, 3.63) is 28.0 Å². The first-order valence-corrected chi connectivity index (χ1v) is 8.46. The monoisotopic (exact) mass is 340 g/mol. The number of nitrogens with one attached hydrogen (secondary N) is 1. The molecule has 4 nitrogen and oxygen atoms in total. The quantitative estimate of drug-likeness (QED) is 0.888. The normalized spacial score (nSPS) is 23.8. The van der Waals surface area contributed by atoms with Crippen molar-refractivity contribution in [3.8, 4) is 0 Å². The molecule has 1 aliphatic rings. The summed E-state index contributed by atoms with van der Waals surface area (Å²) < 4.78 is 40.3. The van der Waals surface area contributed by atoms with Gasteiger partial charge in [0, 0.05) is 12.1 Å². The van der Waals surface area contributed by atoms with Gasteiger partial charge >= 0.3 is 0 Å². The van der Waals surface area contributed by atoms with Crippen molar-refractivity contribution >= 4 is 33.2 Å². The number of halogens is 3. The van der Waals surface area contributed by atoms with Crippen molar-refractivity contribution in [2.24, 2.45) is 5.73 Å². The number of nitrogens with two attached hydrogens (primary N) is 1. The first-order valence-electron chi connectivity index (χ1n) is 6.22. The maximum atomic E-state index is 13.1. The summed E-state index contributed by atoms with van der Waals surface area (Å²) in [6.07, 6.45) is 3.02. The minimum atomic E-state index is -3.90. The zero-order chi connectivity index (χ0) is 14.9. The molecule has 8 heteroatoms. The van der Waals surface area contributed by atoms with Crippen LogP contribution in [0, 0.1) is 5.82 Å². The Labute approximate surface area is 127 Å². The maximum absolute atomic E-state index is 13.1. The third-order valence-electron chi connectivity index (χ3n) is 3.27. The van der Waals surface area contributed by atoms with E-state index in [1.165, 1.54) is 0 Å². The smallest absolute Gasteiger partial charge is 0.243 e. The van der Waals surface area contributed by atoms with Crippen molar-refractivity contribution in [1.82, 2.24) is 4.72 Å². The third kappa shape index (κ3) is 3.62. The van der Waals surface area contributed by atoms with Gasteiger partial charge in [-0.2, -0.15) is 0 Å². The maximum Gasteiger partial charge on any atom is 0.243 e. The second-order valence-electron chi connectivity index (χ2n) is 4.94. The van der Waals surface area contributed by atoms with Crippen LogP contribution in [0.4, 0.5) is 4.39 Å². The SMILES string of the molecule is NC1CCCC(NS(=O)(=O)c2c(Cl)cc(F)cc2Cl)C1. The Morgan fingerprint density at radius 2 is 1.85 bits per heavy atom. The summed E-state index contributed by atoms with van der Waals surface area (Å²) in [7, 11) is -3.90. The Bertz CT molecular complexity index is 586. The van der Waals surface area contributed by atoms with E-state index >= 15 is 0 Å². The summed E-state index contributed by atoms with van der Waals surface area (Å²) in [5, 5.41) is -0.467. The minimum Gasteiger partial charge on any atom is -0.328 e. The highest BCUT2D eigenvalue weighted by molar-refractivity contribution is 7.89. The molecule has 20 heavy (non-hydrogen) atoms. The summed E-state index contributed by atoms with van der Waals surface area (Å²) in [5.41, 5.74) is 5.83. The first-order chi connectivity index (χ1) is 9.29. The molecule has 1 aromatic carbocycles. The van der Waals surface area contributed by atoms with Crippen molar-refractivity contribution in [2.75, 3.05) is 0 Å². The fourth-order valence-electron chi connectivity index (χ4n) is 2.40. The lowest BCUT2D eigenvalue weighted by Crippen LogP contribution is -2.42. The van der Waals surface area contributed by atoms with Gasteiger partial charge in [0.05, 0.1) is 10.0 Å². The molecule has 0 radical (unpaired) electrons. The van der Waals surface area contributed by atoms with Crippen LogP contribution in [0.1, 0.15) is 25.7 Å². The lowest BCUT2D eigenvalue weighted by molar-refractivity contribution is 0.371. The molecule has 1 aliphatic carbocycles. The van der Waals surface area contributed by atoms with Gasteiger partial charge < -0.3 is 5.73 Å². The number of sulfonamides is 1. The van der Waals surface area contributed by atoms with Crippen molar-refractivity contribution in [3.63, 3.8) is 0 Å². The highest BCUT2D eigenvalue weighted by Gasteiger charge is 2.28. The van der Waals surface area contributed by atoms with E-state index in [-0.39, 0.29) is 27.0 Å². The van der Waals surface area contributed by atoms with E-state index in [1.54, 1.807) is 0 Å². The molecule has 3 N–H and O–H groups in total. The molecule has 2 atom stereocenters. The van der Waals surface area contributed by atoms with E-state index in [4.69, 9.17) is 28.9 Å². The van der Waals surface area contributed by atoms with Gasteiger partial charge in [0.25, 0.3) is 0 Å². The topological polar surface area (TPSA) is 72.2 Å². The summed E-state index contributed by atoms with van der Waals surface area (Å²) in [6.45, 7) is 0. The van der Waals surface area contributed by atoms with Gasteiger partial charge in [-0.25, -0.2) is 17.5 Å². The second-order valence-corrected chi connectivity index (χ2v) is 7.41. The predicted molar refractivity (Wildman–Crippen MR) is 77.0 cm³/mol. The fraction of sp³-hybridized carbons (Fsp3) is 0.500. The average molecular weight is 341 g/mol. The first kappa shape index (κ1) is 16.0. The summed E-state index contributed by atoms with van der Waals surface area (Å²) >= 11 is 11.6. The van der Waals surface area contributed by atoms with Gasteiger partial charge in [0.2, 0.25) is 10.0 Å². The van der Waals surface area contributed by atoms with Crippen molar-refractivity contribution < 1.29 is 12.8 Å². The van der Waals surface area contributed by atoms with Crippen molar-refractivity contribution in [2.45, 2.75) is 42.7 Å². The Balaban J connectivity index is 2.27. The van der Waals surface area contributed by atoms with Crippen LogP contribution >= 0.6 is 23.2 Å². The Kier molecular flexibility index (Phi) is 4.92. The molecular weight excluding hydrogens is 326 g/mol. The summed E-state index contributed by atoms with van der Waals surface area (Å²) in [5.74, 6) is -0.682. The molecule has 0 aromatic heterocycles. The predicted octanol–water partition coefficient (Wildman–Crippen LogP) is 2.68.